The van der Waals surface area contributed by atoms with Crippen LogP contribution in [0.2, 0.25) is 0 Å². The minimum absolute atomic E-state index is 0. The van der Waals surface area contributed by atoms with Crippen molar-refractivity contribution in [2.75, 3.05) is 32.7 Å². The molecule has 150 valence electrons. The van der Waals surface area contributed by atoms with Gasteiger partial charge in [-0.3, -0.25) is 14.5 Å². The maximum Gasteiger partial charge on any atom is 0.263 e. The zero-order valence-electron chi connectivity index (χ0n) is 15.3. The second-order valence-corrected chi connectivity index (χ2v) is 8.28. The summed E-state index contributed by atoms with van der Waals surface area (Å²) < 4.78 is 26.5. The molecule has 1 aromatic carbocycles. The highest BCUT2D eigenvalue weighted by atomic mass is 35.5. The van der Waals surface area contributed by atoms with Crippen molar-refractivity contribution < 1.29 is 13.2 Å². The van der Waals surface area contributed by atoms with Crippen LogP contribution in [0.15, 0.2) is 34.2 Å². The zero-order chi connectivity index (χ0) is 18.4. The quantitative estimate of drug-likeness (QED) is 0.690. The molecule has 2 aliphatic heterocycles. The van der Waals surface area contributed by atoms with E-state index >= 15 is 0 Å². The van der Waals surface area contributed by atoms with Gasteiger partial charge >= 0.3 is 0 Å². The van der Waals surface area contributed by atoms with E-state index in [0.717, 1.165) is 51.9 Å². The van der Waals surface area contributed by atoms with Crippen molar-refractivity contribution >= 4 is 34.2 Å². The number of amidine groups is 1. The summed E-state index contributed by atoms with van der Waals surface area (Å²) >= 11 is 0. The molecule has 0 aliphatic carbocycles. The number of sulfonamides is 1. The molecule has 0 unspecified atom stereocenters. The molecule has 27 heavy (non-hydrogen) atoms. The zero-order valence-corrected chi connectivity index (χ0v) is 16.9. The van der Waals surface area contributed by atoms with Crippen LogP contribution in [0.3, 0.4) is 0 Å². The van der Waals surface area contributed by atoms with E-state index in [-0.39, 0.29) is 23.2 Å². The van der Waals surface area contributed by atoms with E-state index in [1.807, 2.05) is 4.90 Å². The van der Waals surface area contributed by atoms with Gasteiger partial charge in [-0.2, -0.15) is 0 Å². The number of nitrogens with one attached hydrogen (secondary N) is 2. The van der Waals surface area contributed by atoms with Crippen LogP contribution in [0.25, 0.3) is 0 Å². The molecule has 2 N–H and O–H groups in total. The average molecular weight is 415 g/mol. The Morgan fingerprint density at radius 3 is 2.78 bits per heavy atom. The van der Waals surface area contributed by atoms with Gasteiger partial charge in [0, 0.05) is 38.2 Å². The molecule has 0 atom stereocenters. The smallest absolute Gasteiger partial charge is 0.263 e. The topological polar surface area (TPSA) is 90.9 Å². The first kappa shape index (κ1) is 21.7. The van der Waals surface area contributed by atoms with Crippen molar-refractivity contribution in [1.82, 2.24) is 14.9 Å². The van der Waals surface area contributed by atoms with Crippen LogP contribution < -0.4 is 10.0 Å². The Morgan fingerprint density at radius 2 is 1.93 bits per heavy atom. The summed E-state index contributed by atoms with van der Waals surface area (Å²) in [5.41, 5.74) is 0.637. The van der Waals surface area contributed by atoms with Crippen molar-refractivity contribution in [2.24, 2.45) is 4.99 Å². The average Bonchev–Trinajstić information content (AvgIpc) is 2.82. The lowest BCUT2D eigenvalue weighted by molar-refractivity contribution is -0.131. The fourth-order valence-corrected chi connectivity index (χ4v) is 4.51. The Bertz CT molecular complexity index is 775. The summed E-state index contributed by atoms with van der Waals surface area (Å²) in [7, 11) is -3.46. The Hall–Kier alpha value is -1.64. The predicted octanol–water partition coefficient (Wildman–Crippen LogP) is 1.53. The standard InChI is InChI=1S/C18H26N4O3S.ClH/c23-17(22-13-6-10-19-12-14-22)9-2-1-5-11-20-18-15-7-3-4-8-16(15)26(24,25)21-18;/h3-4,7-8,19H,1-2,5-6,9-14H2,(H,20,21);1H. The minimum Gasteiger partial charge on any atom is -0.341 e. The van der Waals surface area contributed by atoms with Crippen LogP contribution in [-0.4, -0.2) is 57.8 Å². The van der Waals surface area contributed by atoms with Gasteiger partial charge in [0.05, 0.1) is 4.90 Å². The molecule has 0 saturated carbocycles. The molecule has 2 aliphatic rings. The Labute approximate surface area is 167 Å². The summed E-state index contributed by atoms with van der Waals surface area (Å²) in [5.74, 6) is 0.659. The molecule has 0 bridgehead atoms. The van der Waals surface area contributed by atoms with Gasteiger partial charge in [-0.15, -0.1) is 12.4 Å². The summed E-state index contributed by atoms with van der Waals surface area (Å²) in [6.07, 6.45) is 4.17. The van der Waals surface area contributed by atoms with Gasteiger partial charge in [-0.1, -0.05) is 18.6 Å². The molecule has 2 heterocycles. The number of hydrogen-bond donors (Lipinski definition) is 2. The van der Waals surface area contributed by atoms with Gasteiger partial charge in [0.1, 0.15) is 5.84 Å². The van der Waals surface area contributed by atoms with E-state index in [2.05, 4.69) is 15.0 Å². The number of unbranched alkanes of at least 4 members (excludes halogenated alkanes) is 2. The molecule has 3 rings (SSSR count). The van der Waals surface area contributed by atoms with E-state index in [0.29, 0.717) is 24.4 Å². The fourth-order valence-electron chi connectivity index (χ4n) is 3.26. The van der Waals surface area contributed by atoms with Crippen molar-refractivity contribution in [2.45, 2.75) is 37.0 Å². The Morgan fingerprint density at radius 1 is 1.11 bits per heavy atom. The third-order valence-electron chi connectivity index (χ3n) is 4.67. The SMILES string of the molecule is Cl.O=C(CCCCCN=C1NS(=O)(=O)c2ccccc21)N1CCCNCC1. The van der Waals surface area contributed by atoms with Gasteiger partial charge < -0.3 is 10.2 Å². The third kappa shape index (κ3) is 5.67. The van der Waals surface area contributed by atoms with Crippen molar-refractivity contribution in [3.05, 3.63) is 29.8 Å². The summed E-state index contributed by atoms with van der Waals surface area (Å²) in [6.45, 7) is 4.05. The van der Waals surface area contributed by atoms with Crippen LogP contribution in [0.1, 0.15) is 37.7 Å². The number of hydrogen-bond acceptors (Lipinski definition) is 5. The molecule has 0 aromatic heterocycles. The molecule has 0 radical (unpaired) electrons. The second-order valence-electron chi connectivity index (χ2n) is 6.63. The first-order valence-corrected chi connectivity index (χ1v) is 10.7. The lowest BCUT2D eigenvalue weighted by Gasteiger charge is -2.19. The van der Waals surface area contributed by atoms with E-state index < -0.39 is 10.0 Å². The monoisotopic (exact) mass is 414 g/mol. The van der Waals surface area contributed by atoms with Gasteiger partial charge in [-0.25, -0.2) is 8.42 Å². The highest BCUT2D eigenvalue weighted by molar-refractivity contribution is 7.90. The molecule has 1 fully saturated rings. The van der Waals surface area contributed by atoms with Crippen LogP contribution in [0.4, 0.5) is 0 Å². The van der Waals surface area contributed by atoms with Gasteiger partial charge in [0.25, 0.3) is 10.0 Å². The van der Waals surface area contributed by atoms with E-state index in [1.54, 1.807) is 24.3 Å². The molecule has 0 spiro atoms. The van der Waals surface area contributed by atoms with Crippen molar-refractivity contribution in [3.63, 3.8) is 0 Å². The predicted molar refractivity (Wildman–Crippen MR) is 108 cm³/mol. The third-order valence-corrected chi connectivity index (χ3v) is 6.07. The maximum absolute atomic E-state index is 12.2. The number of fused-ring (bicyclic) bond motifs is 1. The number of rotatable bonds is 6. The van der Waals surface area contributed by atoms with E-state index in [4.69, 9.17) is 0 Å². The Kier molecular flexibility index (Phi) is 8.07. The molecule has 1 amide bonds. The number of nitrogens with zero attached hydrogens (tertiary/aromatic N) is 2. The molecular formula is C18H27ClN4O3S. The van der Waals surface area contributed by atoms with Crippen LogP contribution in [-0.2, 0) is 14.8 Å². The molecule has 1 aromatic rings. The van der Waals surface area contributed by atoms with Gasteiger partial charge in [-0.05, 0) is 37.9 Å². The maximum atomic E-state index is 12.2. The molecule has 9 heteroatoms. The number of carbonyl (C=O) groups excluding carboxylic acids is 1. The number of amides is 1. The lowest BCUT2D eigenvalue weighted by atomic mass is 10.1. The van der Waals surface area contributed by atoms with Gasteiger partial charge in [0.2, 0.25) is 5.91 Å². The highest BCUT2D eigenvalue weighted by Crippen LogP contribution is 2.22. The first-order valence-electron chi connectivity index (χ1n) is 9.23. The Balaban J connectivity index is 0.00000261. The summed E-state index contributed by atoms with van der Waals surface area (Å²) in [5, 5.41) is 3.30. The normalized spacial score (nSPS) is 19.7. The molecule has 7 nitrogen and oxygen atoms in total. The number of benzene rings is 1. The number of aliphatic imine (C=N–C) groups is 1. The second kappa shape index (κ2) is 10.1. The first-order chi connectivity index (χ1) is 12.6. The lowest BCUT2D eigenvalue weighted by Crippen LogP contribution is -2.33. The van der Waals surface area contributed by atoms with E-state index in [1.165, 1.54) is 0 Å². The van der Waals surface area contributed by atoms with Crippen LogP contribution in [0.5, 0.6) is 0 Å². The number of halogens is 1. The molecule has 1 saturated heterocycles. The van der Waals surface area contributed by atoms with E-state index in [9.17, 15) is 13.2 Å². The number of carbonyl (C=O) groups is 1. The van der Waals surface area contributed by atoms with Gasteiger partial charge in [0.15, 0.2) is 0 Å². The minimum atomic E-state index is -3.46. The highest BCUT2D eigenvalue weighted by Gasteiger charge is 2.29. The van der Waals surface area contributed by atoms with Crippen LogP contribution in [0, 0.1) is 0 Å². The van der Waals surface area contributed by atoms with Crippen molar-refractivity contribution in [3.8, 4) is 0 Å². The summed E-state index contributed by atoms with van der Waals surface area (Å²) in [6, 6.07) is 6.86. The molecular weight excluding hydrogens is 388 g/mol. The fraction of sp³-hybridized carbons (Fsp3) is 0.556. The largest absolute Gasteiger partial charge is 0.341 e. The summed E-state index contributed by atoms with van der Waals surface area (Å²) in [4.78, 5) is 18.8. The van der Waals surface area contributed by atoms with Crippen LogP contribution >= 0.6 is 12.4 Å². The van der Waals surface area contributed by atoms with Crippen molar-refractivity contribution in [1.29, 1.82) is 0 Å².